The van der Waals surface area contributed by atoms with Gasteiger partial charge < -0.3 is 17.2 Å². The van der Waals surface area contributed by atoms with Crippen molar-refractivity contribution >= 4 is 35.9 Å². The summed E-state index contributed by atoms with van der Waals surface area (Å²) in [6, 6.07) is 14.1. The van der Waals surface area contributed by atoms with Gasteiger partial charge in [0, 0.05) is 35.3 Å². The number of rotatable bonds is 9. The summed E-state index contributed by atoms with van der Waals surface area (Å²) in [6.07, 6.45) is 5.16. The SMILES string of the molecule is Cc1nc(N)ncc1-c1ccc(C[C@@H](C(N)=O)N(c2ccc(-c3nnn[nH]3)cc2)C(=O)[C@H]2CC[C@H](CN)CC2)cc1.Cl. The van der Waals surface area contributed by atoms with Crippen molar-refractivity contribution in [1.29, 1.82) is 0 Å². The highest BCUT2D eigenvalue weighted by molar-refractivity contribution is 6.01. The van der Waals surface area contributed by atoms with Gasteiger partial charge in [0.2, 0.25) is 17.8 Å². The molecule has 5 rings (SSSR count). The summed E-state index contributed by atoms with van der Waals surface area (Å²) in [5.74, 6) is 0.243. The number of carbonyl (C=O) groups is 2. The summed E-state index contributed by atoms with van der Waals surface area (Å²) in [4.78, 5) is 37.0. The molecule has 4 aromatic rings. The smallest absolute Gasteiger partial charge is 0.240 e. The van der Waals surface area contributed by atoms with E-state index >= 15 is 0 Å². The molecule has 2 aromatic carbocycles. The van der Waals surface area contributed by atoms with Crippen molar-refractivity contribution in [2.45, 2.75) is 45.1 Å². The molecule has 1 atom stereocenters. The lowest BCUT2D eigenvalue weighted by atomic mass is 9.81. The molecular formula is C29H35ClN10O2. The van der Waals surface area contributed by atoms with Crippen molar-refractivity contribution in [3.8, 4) is 22.5 Å². The first-order valence-corrected chi connectivity index (χ1v) is 13.7. The molecule has 12 nitrogen and oxygen atoms in total. The van der Waals surface area contributed by atoms with Crippen LogP contribution in [0.5, 0.6) is 0 Å². The molecule has 1 aliphatic carbocycles. The number of carbonyl (C=O) groups excluding carboxylic acids is 2. The molecule has 2 heterocycles. The number of aromatic nitrogens is 6. The van der Waals surface area contributed by atoms with Crippen LogP contribution in [0.2, 0.25) is 0 Å². The van der Waals surface area contributed by atoms with Crippen molar-refractivity contribution in [2.24, 2.45) is 23.3 Å². The molecule has 7 N–H and O–H groups in total. The molecule has 13 heteroatoms. The minimum absolute atomic E-state index is 0. The Labute approximate surface area is 249 Å². The Hall–Kier alpha value is -4.42. The zero-order valence-corrected chi connectivity index (χ0v) is 24.1. The predicted molar refractivity (Wildman–Crippen MR) is 162 cm³/mol. The van der Waals surface area contributed by atoms with E-state index in [1.165, 1.54) is 0 Å². The molecule has 0 unspecified atom stereocenters. The summed E-state index contributed by atoms with van der Waals surface area (Å²) in [7, 11) is 0. The second-order valence-corrected chi connectivity index (χ2v) is 10.5. The van der Waals surface area contributed by atoms with Crippen LogP contribution in [0.4, 0.5) is 11.6 Å². The van der Waals surface area contributed by atoms with Crippen molar-refractivity contribution in [1.82, 2.24) is 30.6 Å². The lowest BCUT2D eigenvalue weighted by Crippen LogP contribution is -2.52. The molecular weight excluding hydrogens is 556 g/mol. The number of benzene rings is 2. The van der Waals surface area contributed by atoms with Gasteiger partial charge in [0.15, 0.2) is 5.82 Å². The van der Waals surface area contributed by atoms with Crippen LogP contribution in [0, 0.1) is 18.8 Å². The monoisotopic (exact) mass is 590 g/mol. The fourth-order valence-corrected chi connectivity index (χ4v) is 5.50. The molecule has 0 bridgehead atoms. The standard InChI is InChI=1S/C29H34N10O2.ClH/c1-17-24(16-33-29(32)34-17)20-6-2-18(3-7-20)14-25(26(31)40)39(28(41)22-8-4-19(15-30)5-9-22)23-12-10-21(11-13-23)27-35-37-38-36-27;/h2-3,6-7,10-13,16,19,22,25H,4-5,8-9,14-15,30H2,1H3,(H2,31,40)(H2,32,33,34)(H,35,36,37,38);1H/t19-,22-,25-;/m0./s1. The van der Waals surface area contributed by atoms with Gasteiger partial charge in [0.05, 0.1) is 5.69 Å². The first kappa shape index (κ1) is 30.5. The highest BCUT2D eigenvalue weighted by atomic mass is 35.5. The zero-order valence-electron chi connectivity index (χ0n) is 23.3. The number of aromatic amines is 1. The fourth-order valence-electron chi connectivity index (χ4n) is 5.50. The third-order valence-corrected chi connectivity index (χ3v) is 7.86. The molecule has 0 saturated heterocycles. The van der Waals surface area contributed by atoms with E-state index in [4.69, 9.17) is 17.2 Å². The maximum Gasteiger partial charge on any atom is 0.240 e. The van der Waals surface area contributed by atoms with E-state index in [9.17, 15) is 9.59 Å². The number of nitrogens with zero attached hydrogens (tertiary/aromatic N) is 6. The van der Waals surface area contributed by atoms with Crippen LogP contribution in [0.25, 0.3) is 22.5 Å². The summed E-state index contributed by atoms with van der Waals surface area (Å²) in [5.41, 5.74) is 22.3. The maximum absolute atomic E-state index is 14.1. The van der Waals surface area contributed by atoms with E-state index < -0.39 is 11.9 Å². The minimum Gasteiger partial charge on any atom is -0.368 e. The van der Waals surface area contributed by atoms with E-state index in [1.54, 1.807) is 23.2 Å². The molecule has 1 saturated carbocycles. The fraction of sp³-hybridized carbons (Fsp3) is 0.345. The third kappa shape index (κ3) is 6.72. The van der Waals surface area contributed by atoms with Gasteiger partial charge >= 0.3 is 0 Å². The predicted octanol–water partition coefficient (Wildman–Crippen LogP) is 2.83. The number of H-pyrrole nitrogens is 1. The second-order valence-electron chi connectivity index (χ2n) is 10.5. The molecule has 0 spiro atoms. The minimum atomic E-state index is -0.889. The summed E-state index contributed by atoms with van der Waals surface area (Å²) >= 11 is 0. The number of primary amides is 1. The molecule has 1 fully saturated rings. The number of aryl methyl sites for hydroxylation is 1. The number of anilines is 2. The first-order valence-electron chi connectivity index (χ1n) is 13.7. The topological polar surface area (TPSA) is 196 Å². The van der Waals surface area contributed by atoms with Gasteiger partial charge in [-0.3, -0.25) is 14.5 Å². The van der Waals surface area contributed by atoms with Gasteiger partial charge in [-0.05, 0) is 90.9 Å². The lowest BCUT2D eigenvalue weighted by molar-refractivity contribution is -0.127. The van der Waals surface area contributed by atoms with Crippen molar-refractivity contribution in [2.75, 3.05) is 17.2 Å². The number of nitrogens with one attached hydrogen (secondary N) is 1. The Morgan fingerprint density at radius 3 is 2.26 bits per heavy atom. The third-order valence-electron chi connectivity index (χ3n) is 7.86. The van der Waals surface area contributed by atoms with E-state index in [0.29, 0.717) is 24.0 Å². The van der Waals surface area contributed by atoms with E-state index in [0.717, 1.165) is 53.6 Å². The van der Waals surface area contributed by atoms with Gasteiger partial charge in [-0.1, -0.05) is 24.3 Å². The van der Waals surface area contributed by atoms with Gasteiger partial charge in [0.25, 0.3) is 0 Å². The number of hydrogen-bond acceptors (Lipinski definition) is 9. The Morgan fingerprint density at radius 1 is 1.02 bits per heavy atom. The first-order chi connectivity index (χ1) is 19.8. The van der Waals surface area contributed by atoms with Crippen LogP contribution < -0.4 is 22.1 Å². The quantitative estimate of drug-likeness (QED) is 0.226. The maximum atomic E-state index is 14.1. The van der Waals surface area contributed by atoms with Crippen molar-refractivity contribution < 1.29 is 9.59 Å². The van der Waals surface area contributed by atoms with E-state index in [2.05, 4.69) is 30.6 Å². The number of nitrogens with two attached hydrogens (primary N) is 3. The highest BCUT2D eigenvalue weighted by Gasteiger charge is 2.36. The van der Waals surface area contributed by atoms with Gasteiger partial charge in [-0.2, -0.15) is 0 Å². The number of hydrogen-bond donors (Lipinski definition) is 4. The lowest BCUT2D eigenvalue weighted by Gasteiger charge is -2.35. The average molecular weight is 591 g/mol. The zero-order chi connectivity index (χ0) is 28.9. The van der Waals surface area contributed by atoms with Crippen LogP contribution >= 0.6 is 12.4 Å². The Balaban J connectivity index is 0.00000405. The van der Waals surface area contributed by atoms with Crippen molar-refractivity contribution in [3.63, 3.8) is 0 Å². The Morgan fingerprint density at radius 2 is 1.69 bits per heavy atom. The van der Waals surface area contributed by atoms with Crippen LogP contribution in [-0.2, 0) is 16.0 Å². The molecule has 220 valence electrons. The average Bonchev–Trinajstić information content (AvgIpc) is 3.53. The van der Waals surface area contributed by atoms with Crippen LogP contribution in [-0.4, -0.2) is 55.0 Å². The second kappa shape index (κ2) is 13.5. The number of halogens is 1. The molecule has 2 aromatic heterocycles. The van der Waals surface area contributed by atoms with Crippen LogP contribution in [0.1, 0.15) is 36.9 Å². The Bertz CT molecular complexity index is 1490. The van der Waals surface area contributed by atoms with Crippen LogP contribution in [0.15, 0.2) is 54.7 Å². The summed E-state index contributed by atoms with van der Waals surface area (Å²) < 4.78 is 0. The molecule has 0 radical (unpaired) electrons. The van der Waals surface area contributed by atoms with Crippen LogP contribution in [0.3, 0.4) is 0 Å². The molecule has 0 aliphatic heterocycles. The number of amides is 2. The molecule has 1 aliphatic rings. The van der Waals surface area contributed by atoms with E-state index in [-0.39, 0.29) is 36.6 Å². The van der Waals surface area contributed by atoms with Gasteiger partial charge in [-0.25, -0.2) is 15.1 Å². The normalized spacial score (nSPS) is 17.2. The Kier molecular flexibility index (Phi) is 9.81. The van der Waals surface area contributed by atoms with Gasteiger partial charge in [-0.15, -0.1) is 17.5 Å². The molecule has 2 amide bonds. The number of tetrazole rings is 1. The summed E-state index contributed by atoms with van der Waals surface area (Å²) in [5, 5.41) is 13.9. The van der Waals surface area contributed by atoms with E-state index in [1.807, 2.05) is 43.3 Å². The summed E-state index contributed by atoms with van der Waals surface area (Å²) in [6.45, 7) is 2.49. The van der Waals surface area contributed by atoms with Gasteiger partial charge in [0.1, 0.15) is 6.04 Å². The number of nitrogen functional groups attached to an aromatic ring is 1. The van der Waals surface area contributed by atoms with Crippen molar-refractivity contribution in [3.05, 3.63) is 66.0 Å². The largest absolute Gasteiger partial charge is 0.368 e. The molecule has 42 heavy (non-hydrogen) atoms. The highest BCUT2D eigenvalue weighted by Crippen LogP contribution is 2.33.